The molecule has 0 aromatic heterocycles. The Hall–Kier alpha value is -1.30. The molecule has 2 amide bonds. The highest BCUT2D eigenvalue weighted by Gasteiger charge is 2.17. The van der Waals surface area contributed by atoms with Crippen LogP contribution in [0.3, 0.4) is 0 Å². The number of rotatable bonds is 8. The fourth-order valence-corrected chi connectivity index (χ4v) is 1.96. The van der Waals surface area contributed by atoms with Crippen LogP contribution in [-0.2, 0) is 4.79 Å². The summed E-state index contributed by atoms with van der Waals surface area (Å²) < 4.78 is 0. The Kier molecular flexibility index (Phi) is 8.14. The lowest BCUT2D eigenvalue weighted by molar-refractivity contribution is -0.139. The number of aliphatic carboxylic acids is 1. The number of carbonyl (C=O) groups is 2. The molecule has 0 bridgehead atoms. The van der Waals surface area contributed by atoms with Crippen molar-refractivity contribution in [1.29, 1.82) is 0 Å². The van der Waals surface area contributed by atoms with Gasteiger partial charge in [0.05, 0.1) is 0 Å². The third kappa shape index (κ3) is 7.00. The van der Waals surface area contributed by atoms with Gasteiger partial charge in [-0.15, -0.1) is 0 Å². The molecule has 6 nitrogen and oxygen atoms in total. The molecule has 0 heterocycles. The van der Waals surface area contributed by atoms with Crippen LogP contribution in [0, 0.1) is 0 Å². The molecular formula is C13H27N3O3. The van der Waals surface area contributed by atoms with Crippen LogP contribution in [0.5, 0.6) is 0 Å². The predicted molar refractivity (Wildman–Crippen MR) is 75.2 cm³/mol. The maximum absolute atomic E-state index is 11.5. The van der Waals surface area contributed by atoms with Gasteiger partial charge >= 0.3 is 12.0 Å². The van der Waals surface area contributed by atoms with Gasteiger partial charge in [-0.05, 0) is 34.1 Å². The van der Waals surface area contributed by atoms with Gasteiger partial charge in [0.15, 0.2) is 0 Å². The van der Waals surface area contributed by atoms with Crippen molar-refractivity contribution in [2.45, 2.75) is 59.2 Å². The van der Waals surface area contributed by atoms with Gasteiger partial charge in [0.25, 0.3) is 0 Å². The van der Waals surface area contributed by atoms with Crippen LogP contribution in [0.15, 0.2) is 0 Å². The van der Waals surface area contributed by atoms with Crippen molar-refractivity contribution in [2.75, 3.05) is 13.1 Å². The summed E-state index contributed by atoms with van der Waals surface area (Å²) in [6, 6.07) is -0.437. The van der Waals surface area contributed by atoms with Gasteiger partial charge in [-0.1, -0.05) is 6.92 Å². The normalized spacial score (nSPS) is 12.8. The van der Waals surface area contributed by atoms with E-state index in [0.29, 0.717) is 25.0 Å². The number of amides is 2. The highest BCUT2D eigenvalue weighted by atomic mass is 16.4. The fraction of sp³-hybridized carbons (Fsp3) is 0.846. The van der Waals surface area contributed by atoms with Gasteiger partial charge in [0.1, 0.15) is 6.04 Å². The van der Waals surface area contributed by atoms with Crippen LogP contribution in [0.2, 0.25) is 0 Å². The first kappa shape index (κ1) is 17.7. The Bertz CT molecular complexity index is 285. The summed E-state index contributed by atoms with van der Waals surface area (Å²) in [5, 5.41) is 13.9. The molecule has 0 rings (SSSR count). The monoisotopic (exact) mass is 273 g/mol. The maximum atomic E-state index is 11.5. The fourth-order valence-electron chi connectivity index (χ4n) is 1.96. The molecule has 6 heteroatoms. The molecule has 0 aromatic carbocycles. The van der Waals surface area contributed by atoms with E-state index in [9.17, 15) is 9.59 Å². The number of carbonyl (C=O) groups excluding carboxylic acids is 1. The minimum atomic E-state index is -1.01. The Labute approximate surface area is 115 Å². The molecule has 19 heavy (non-hydrogen) atoms. The van der Waals surface area contributed by atoms with Crippen LogP contribution in [0.25, 0.3) is 0 Å². The molecule has 0 saturated heterocycles. The van der Waals surface area contributed by atoms with Gasteiger partial charge < -0.3 is 15.7 Å². The molecule has 0 aliphatic heterocycles. The molecule has 0 saturated carbocycles. The number of nitrogens with zero attached hydrogens (tertiary/aromatic N) is 1. The molecule has 0 spiro atoms. The van der Waals surface area contributed by atoms with E-state index in [1.54, 1.807) is 6.92 Å². The van der Waals surface area contributed by atoms with E-state index in [2.05, 4.69) is 43.2 Å². The van der Waals surface area contributed by atoms with Crippen molar-refractivity contribution in [3.63, 3.8) is 0 Å². The first-order chi connectivity index (χ1) is 8.79. The van der Waals surface area contributed by atoms with Crippen LogP contribution < -0.4 is 10.6 Å². The van der Waals surface area contributed by atoms with Crippen molar-refractivity contribution < 1.29 is 14.7 Å². The molecule has 0 aromatic rings. The summed E-state index contributed by atoms with van der Waals surface area (Å²) >= 11 is 0. The van der Waals surface area contributed by atoms with E-state index in [1.165, 1.54) is 0 Å². The largest absolute Gasteiger partial charge is 0.480 e. The van der Waals surface area contributed by atoms with Crippen molar-refractivity contribution >= 4 is 12.0 Å². The zero-order valence-corrected chi connectivity index (χ0v) is 12.6. The van der Waals surface area contributed by atoms with Gasteiger partial charge in [-0.3, -0.25) is 4.90 Å². The minimum absolute atomic E-state index is 0.368. The molecule has 0 aliphatic carbocycles. The molecular weight excluding hydrogens is 246 g/mol. The zero-order valence-electron chi connectivity index (χ0n) is 12.6. The Balaban J connectivity index is 4.06. The molecule has 112 valence electrons. The highest BCUT2D eigenvalue weighted by Crippen LogP contribution is 2.03. The van der Waals surface area contributed by atoms with Crippen molar-refractivity contribution in [1.82, 2.24) is 15.5 Å². The smallest absolute Gasteiger partial charge is 0.326 e. The second-order valence-electron chi connectivity index (χ2n) is 5.12. The number of hydrogen-bond donors (Lipinski definition) is 3. The zero-order chi connectivity index (χ0) is 15.0. The quantitative estimate of drug-likeness (QED) is 0.622. The van der Waals surface area contributed by atoms with Gasteiger partial charge in [-0.25, -0.2) is 9.59 Å². The first-order valence-corrected chi connectivity index (χ1v) is 6.82. The van der Waals surface area contributed by atoms with Crippen LogP contribution in [0.1, 0.15) is 41.0 Å². The average Bonchev–Trinajstić information content (AvgIpc) is 2.30. The van der Waals surface area contributed by atoms with Crippen molar-refractivity contribution in [2.24, 2.45) is 0 Å². The Morgan fingerprint density at radius 2 is 1.68 bits per heavy atom. The molecule has 0 unspecified atom stereocenters. The predicted octanol–water partition coefficient (Wildman–Crippen LogP) is 1.27. The topological polar surface area (TPSA) is 81.7 Å². The van der Waals surface area contributed by atoms with Crippen molar-refractivity contribution in [3.8, 4) is 0 Å². The van der Waals surface area contributed by atoms with E-state index >= 15 is 0 Å². The summed E-state index contributed by atoms with van der Waals surface area (Å²) in [5.74, 6) is -1.01. The number of urea groups is 1. The lowest BCUT2D eigenvalue weighted by Gasteiger charge is -2.30. The molecule has 1 atom stereocenters. The standard InChI is InChI=1S/C13H27N3O3/c1-6-11(12(17)18)15-13(19)14-7-8-16(9(2)3)10(4)5/h9-11H,6-8H2,1-5H3,(H,17,18)(H2,14,15,19)/t11-/m1/s1. The molecule has 0 radical (unpaired) electrons. The van der Waals surface area contributed by atoms with Crippen molar-refractivity contribution in [3.05, 3.63) is 0 Å². The second kappa shape index (κ2) is 8.74. The molecule has 3 N–H and O–H groups in total. The lowest BCUT2D eigenvalue weighted by Crippen LogP contribution is -2.48. The summed E-state index contributed by atoms with van der Waals surface area (Å²) in [4.78, 5) is 24.6. The lowest BCUT2D eigenvalue weighted by atomic mass is 10.2. The first-order valence-electron chi connectivity index (χ1n) is 6.82. The van der Waals surface area contributed by atoms with Crippen LogP contribution in [0.4, 0.5) is 4.79 Å². The maximum Gasteiger partial charge on any atom is 0.326 e. The number of carboxylic acids is 1. The molecule has 0 fully saturated rings. The van der Waals surface area contributed by atoms with E-state index in [0.717, 1.165) is 6.54 Å². The third-order valence-electron chi connectivity index (χ3n) is 2.99. The highest BCUT2D eigenvalue weighted by molar-refractivity contribution is 5.82. The van der Waals surface area contributed by atoms with Gasteiger partial charge in [-0.2, -0.15) is 0 Å². The Morgan fingerprint density at radius 3 is 2.05 bits per heavy atom. The second-order valence-corrected chi connectivity index (χ2v) is 5.12. The third-order valence-corrected chi connectivity index (χ3v) is 2.99. The van der Waals surface area contributed by atoms with E-state index in [4.69, 9.17) is 5.11 Å². The minimum Gasteiger partial charge on any atom is -0.480 e. The van der Waals surface area contributed by atoms with Gasteiger partial charge in [0, 0.05) is 25.2 Å². The number of nitrogens with one attached hydrogen (secondary N) is 2. The van der Waals surface area contributed by atoms with E-state index in [-0.39, 0.29) is 0 Å². The van der Waals surface area contributed by atoms with Crippen LogP contribution in [-0.4, -0.2) is 53.2 Å². The van der Waals surface area contributed by atoms with Crippen LogP contribution >= 0.6 is 0 Å². The SMILES string of the molecule is CC[C@@H](NC(=O)NCCN(C(C)C)C(C)C)C(=O)O. The summed E-state index contributed by atoms with van der Waals surface area (Å²) in [5.41, 5.74) is 0. The van der Waals surface area contributed by atoms with Gasteiger partial charge in [0.2, 0.25) is 0 Å². The summed E-state index contributed by atoms with van der Waals surface area (Å²) in [6.07, 6.45) is 0.368. The van der Waals surface area contributed by atoms with E-state index < -0.39 is 18.0 Å². The van der Waals surface area contributed by atoms with E-state index in [1.807, 2.05) is 0 Å². The number of carboxylic acid groups (broad SMARTS) is 1. The Morgan fingerprint density at radius 1 is 1.16 bits per heavy atom. The molecule has 0 aliphatic rings. The summed E-state index contributed by atoms with van der Waals surface area (Å²) in [6.45, 7) is 11.4. The average molecular weight is 273 g/mol. The number of hydrogen-bond acceptors (Lipinski definition) is 3. The summed E-state index contributed by atoms with van der Waals surface area (Å²) in [7, 11) is 0.